The van der Waals surface area contributed by atoms with Gasteiger partial charge in [0, 0.05) is 13.1 Å². The Hall–Kier alpha value is -2.65. The average molecular weight is 353 g/mol. The van der Waals surface area contributed by atoms with Crippen molar-refractivity contribution in [1.82, 2.24) is 10.2 Å². The van der Waals surface area contributed by atoms with Crippen molar-refractivity contribution in [3.05, 3.63) is 57.8 Å². The van der Waals surface area contributed by atoms with Gasteiger partial charge in [-0.25, -0.2) is 0 Å². The molecule has 1 aromatic heterocycles. The van der Waals surface area contributed by atoms with Crippen LogP contribution >= 0.6 is 11.3 Å². The Morgan fingerprint density at radius 1 is 1.24 bits per heavy atom. The predicted molar refractivity (Wildman–Crippen MR) is 96.0 cm³/mol. The summed E-state index contributed by atoms with van der Waals surface area (Å²) in [6.45, 7) is 1.01. The molecule has 1 aliphatic heterocycles. The van der Waals surface area contributed by atoms with Crippen LogP contribution in [0, 0.1) is 11.3 Å². The SMILES string of the molecule is N#Cc1ccc(CNC(=O)C2CCCCN2C(=O)c2cccs2)cc1. The van der Waals surface area contributed by atoms with Gasteiger partial charge in [-0.2, -0.15) is 5.26 Å². The smallest absolute Gasteiger partial charge is 0.264 e. The molecule has 0 spiro atoms. The maximum absolute atomic E-state index is 12.6. The van der Waals surface area contributed by atoms with E-state index in [0.29, 0.717) is 30.0 Å². The van der Waals surface area contributed by atoms with Crippen LogP contribution in [-0.2, 0) is 11.3 Å². The number of thiophene rings is 1. The second-order valence-electron chi connectivity index (χ2n) is 6.01. The van der Waals surface area contributed by atoms with Crippen LogP contribution in [-0.4, -0.2) is 29.3 Å². The number of likely N-dealkylation sites (tertiary alicyclic amines) is 1. The van der Waals surface area contributed by atoms with E-state index >= 15 is 0 Å². The number of benzene rings is 1. The molecule has 0 radical (unpaired) electrons. The van der Waals surface area contributed by atoms with Gasteiger partial charge in [-0.1, -0.05) is 18.2 Å². The van der Waals surface area contributed by atoms with Crippen molar-refractivity contribution in [3.8, 4) is 6.07 Å². The van der Waals surface area contributed by atoms with Crippen LogP contribution < -0.4 is 5.32 Å². The zero-order valence-electron chi connectivity index (χ0n) is 13.8. The van der Waals surface area contributed by atoms with Gasteiger partial charge in [-0.3, -0.25) is 9.59 Å². The zero-order chi connectivity index (χ0) is 17.6. The van der Waals surface area contributed by atoms with Crippen LogP contribution in [0.4, 0.5) is 0 Å². The third-order valence-corrected chi connectivity index (χ3v) is 5.21. The molecule has 6 heteroatoms. The van der Waals surface area contributed by atoms with Crippen LogP contribution in [0.15, 0.2) is 41.8 Å². The molecule has 0 saturated carbocycles. The maximum atomic E-state index is 12.6. The Morgan fingerprint density at radius 3 is 2.72 bits per heavy atom. The van der Waals surface area contributed by atoms with E-state index in [0.717, 1.165) is 18.4 Å². The minimum Gasteiger partial charge on any atom is -0.350 e. The molecule has 2 heterocycles. The highest BCUT2D eigenvalue weighted by molar-refractivity contribution is 7.12. The van der Waals surface area contributed by atoms with E-state index in [-0.39, 0.29) is 11.8 Å². The molecule has 1 N–H and O–H groups in total. The van der Waals surface area contributed by atoms with Crippen molar-refractivity contribution < 1.29 is 9.59 Å². The number of carbonyl (C=O) groups is 2. The topological polar surface area (TPSA) is 73.2 Å². The molecule has 1 fully saturated rings. The van der Waals surface area contributed by atoms with Gasteiger partial charge >= 0.3 is 0 Å². The van der Waals surface area contributed by atoms with Gasteiger partial charge in [0.15, 0.2) is 0 Å². The van der Waals surface area contributed by atoms with Crippen LogP contribution in [0.2, 0.25) is 0 Å². The molecule has 1 atom stereocenters. The van der Waals surface area contributed by atoms with E-state index in [1.54, 1.807) is 23.1 Å². The van der Waals surface area contributed by atoms with E-state index in [1.165, 1.54) is 11.3 Å². The molecular weight excluding hydrogens is 334 g/mol. The maximum Gasteiger partial charge on any atom is 0.264 e. The second-order valence-corrected chi connectivity index (χ2v) is 6.96. The minimum atomic E-state index is -0.415. The molecule has 128 valence electrons. The summed E-state index contributed by atoms with van der Waals surface area (Å²) < 4.78 is 0. The molecule has 3 rings (SSSR count). The Morgan fingerprint density at radius 2 is 2.04 bits per heavy atom. The van der Waals surface area contributed by atoms with E-state index in [2.05, 4.69) is 11.4 Å². The highest BCUT2D eigenvalue weighted by atomic mass is 32.1. The van der Waals surface area contributed by atoms with Crippen molar-refractivity contribution in [2.45, 2.75) is 31.8 Å². The number of nitrogens with zero attached hydrogens (tertiary/aromatic N) is 2. The third kappa shape index (κ3) is 4.06. The number of carbonyl (C=O) groups excluding carboxylic acids is 2. The fourth-order valence-corrected chi connectivity index (χ4v) is 3.67. The first kappa shape index (κ1) is 17.2. The predicted octanol–water partition coefficient (Wildman–Crippen LogP) is 2.93. The lowest BCUT2D eigenvalue weighted by atomic mass is 10.0. The number of piperidine rings is 1. The lowest BCUT2D eigenvalue weighted by Crippen LogP contribution is -2.51. The number of nitrogens with one attached hydrogen (secondary N) is 1. The molecule has 0 aliphatic carbocycles. The highest BCUT2D eigenvalue weighted by Crippen LogP contribution is 2.22. The molecule has 25 heavy (non-hydrogen) atoms. The number of hydrogen-bond donors (Lipinski definition) is 1. The van der Waals surface area contributed by atoms with E-state index < -0.39 is 6.04 Å². The molecule has 1 aromatic carbocycles. The molecule has 1 saturated heterocycles. The third-order valence-electron chi connectivity index (χ3n) is 4.35. The summed E-state index contributed by atoms with van der Waals surface area (Å²) in [5, 5.41) is 13.6. The Kier molecular flexibility index (Phi) is 5.46. The highest BCUT2D eigenvalue weighted by Gasteiger charge is 2.32. The van der Waals surface area contributed by atoms with Gasteiger partial charge in [0.2, 0.25) is 5.91 Å². The first-order valence-corrected chi connectivity index (χ1v) is 9.18. The van der Waals surface area contributed by atoms with Gasteiger partial charge < -0.3 is 10.2 Å². The number of amides is 2. The van der Waals surface area contributed by atoms with Gasteiger partial charge in [-0.05, 0) is 48.4 Å². The van der Waals surface area contributed by atoms with Gasteiger partial charge in [-0.15, -0.1) is 11.3 Å². The van der Waals surface area contributed by atoms with Crippen molar-refractivity contribution in [2.75, 3.05) is 6.54 Å². The summed E-state index contributed by atoms with van der Waals surface area (Å²) >= 11 is 1.40. The van der Waals surface area contributed by atoms with Crippen LogP contribution in [0.25, 0.3) is 0 Å². The minimum absolute atomic E-state index is 0.0618. The fourth-order valence-electron chi connectivity index (χ4n) is 2.99. The van der Waals surface area contributed by atoms with Crippen LogP contribution in [0.3, 0.4) is 0 Å². The summed E-state index contributed by atoms with van der Waals surface area (Å²) in [6.07, 6.45) is 2.57. The van der Waals surface area contributed by atoms with Gasteiger partial charge in [0.25, 0.3) is 5.91 Å². The zero-order valence-corrected chi connectivity index (χ0v) is 14.6. The summed E-state index contributed by atoms with van der Waals surface area (Å²) in [5.74, 6) is -0.179. The normalized spacial score (nSPS) is 16.9. The number of hydrogen-bond acceptors (Lipinski definition) is 4. The van der Waals surface area contributed by atoms with Crippen molar-refractivity contribution >= 4 is 23.2 Å². The molecule has 5 nitrogen and oxygen atoms in total. The van der Waals surface area contributed by atoms with E-state index in [4.69, 9.17) is 5.26 Å². The lowest BCUT2D eigenvalue weighted by molar-refractivity contribution is -0.126. The summed E-state index contributed by atoms with van der Waals surface area (Å²) in [4.78, 5) is 27.6. The largest absolute Gasteiger partial charge is 0.350 e. The van der Waals surface area contributed by atoms with Gasteiger partial charge in [0.1, 0.15) is 6.04 Å². The molecule has 2 aromatic rings. The van der Waals surface area contributed by atoms with Crippen LogP contribution in [0.5, 0.6) is 0 Å². The second kappa shape index (κ2) is 7.95. The van der Waals surface area contributed by atoms with Crippen molar-refractivity contribution in [3.63, 3.8) is 0 Å². The molecular formula is C19H19N3O2S. The van der Waals surface area contributed by atoms with Crippen molar-refractivity contribution in [2.24, 2.45) is 0 Å². The van der Waals surface area contributed by atoms with Crippen molar-refractivity contribution in [1.29, 1.82) is 5.26 Å². The first-order chi connectivity index (χ1) is 12.2. The Balaban J connectivity index is 1.64. The molecule has 0 bridgehead atoms. The monoisotopic (exact) mass is 353 g/mol. The standard InChI is InChI=1S/C19H19N3O2S/c20-12-14-6-8-15(9-7-14)13-21-18(23)16-4-1-2-10-22(16)19(24)17-5-3-11-25-17/h3,5-9,11,16H,1-2,4,10,13H2,(H,21,23). The lowest BCUT2D eigenvalue weighted by Gasteiger charge is -2.34. The molecule has 1 aliphatic rings. The summed E-state index contributed by atoms with van der Waals surface area (Å²) in [6, 6.07) is 12.4. The molecule has 2 amide bonds. The quantitative estimate of drug-likeness (QED) is 0.918. The van der Waals surface area contributed by atoms with E-state index in [1.807, 2.05) is 23.6 Å². The van der Waals surface area contributed by atoms with Crippen LogP contribution in [0.1, 0.15) is 40.1 Å². The Bertz CT molecular complexity index is 778. The number of rotatable bonds is 4. The summed E-state index contributed by atoms with van der Waals surface area (Å²) in [5.41, 5.74) is 1.52. The summed E-state index contributed by atoms with van der Waals surface area (Å²) in [7, 11) is 0. The molecule has 1 unspecified atom stereocenters. The van der Waals surface area contributed by atoms with Gasteiger partial charge in [0.05, 0.1) is 16.5 Å². The number of nitriles is 1. The first-order valence-electron chi connectivity index (χ1n) is 8.30. The fraction of sp³-hybridized carbons (Fsp3) is 0.316. The average Bonchev–Trinajstić information content (AvgIpc) is 3.20. The Labute approximate surface area is 150 Å². The van der Waals surface area contributed by atoms with E-state index in [9.17, 15) is 9.59 Å².